The number of carboxylic acid groups (broad SMARTS) is 1. The second kappa shape index (κ2) is 16.2. The highest BCUT2D eigenvalue weighted by Crippen LogP contribution is 1.79. The van der Waals surface area contributed by atoms with Crippen molar-refractivity contribution in [3.05, 3.63) is 36.4 Å². The molecule has 3 nitrogen and oxygen atoms in total. The fourth-order valence-electron chi connectivity index (χ4n) is 0.385. The van der Waals surface area contributed by atoms with Crippen LogP contribution in [0.1, 0.15) is 0 Å². The molecule has 1 aromatic rings. The zero-order valence-electron chi connectivity index (χ0n) is 6.31. The maximum atomic E-state index is 8.36. The molecule has 0 bridgehead atoms. The van der Waals surface area contributed by atoms with E-state index in [0.29, 0.717) is 0 Å². The molecule has 0 aliphatic carbocycles. The minimum atomic E-state index is -0.250. The first-order chi connectivity index (χ1) is 5.83. The second-order valence-electron chi connectivity index (χ2n) is 1.36. The molecule has 0 fully saturated rings. The van der Waals surface area contributed by atoms with Gasteiger partial charge in [0.05, 0.1) is 5.16 Å². The largest absolute Gasteiger partial charge is 0.483 e. The summed E-state index contributed by atoms with van der Waals surface area (Å²) in [4.78, 5) is 8.36. The Morgan fingerprint density at radius 2 is 1.25 bits per heavy atom. The van der Waals surface area contributed by atoms with Gasteiger partial charge in [0.1, 0.15) is 0 Å². The Kier molecular flexibility index (Phi) is 17.7. The van der Waals surface area contributed by atoms with Gasteiger partial charge in [-0.05, 0) is 12.2 Å². The maximum Gasteiger partial charge on any atom is 0.290 e. The van der Waals surface area contributed by atoms with Gasteiger partial charge in [-0.1, -0.05) is 36.4 Å². The zero-order chi connectivity index (χ0) is 9.66. The molecule has 4 heteroatoms. The van der Waals surface area contributed by atoms with Gasteiger partial charge >= 0.3 is 0 Å². The standard InChI is InChI=1S/C6H6.CHNS.CH2O2/c1-2-4-6-5-3-1;2*2-1-3/h1-6H;2H;1H,(H,2,3). The van der Waals surface area contributed by atoms with Crippen LogP contribution in [-0.2, 0) is 4.79 Å². The van der Waals surface area contributed by atoms with Crippen LogP contribution in [0.4, 0.5) is 0 Å². The van der Waals surface area contributed by atoms with Crippen LogP contribution in [0.5, 0.6) is 0 Å². The highest BCUT2D eigenvalue weighted by Gasteiger charge is 1.57. The zero-order valence-corrected chi connectivity index (χ0v) is 7.12. The van der Waals surface area contributed by atoms with Gasteiger partial charge in [-0.25, -0.2) is 5.41 Å². The second-order valence-corrected chi connectivity index (χ2v) is 1.57. The smallest absolute Gasteiger partial charge is 0.290 e. The Balaban J connectivity index is 0. The normalized spacial score (nSPS) is 5.67. The monoisotopic (exact) mass is 183 g/mol. The van der Waals surface area contributed by atoms with Crippen LogP contribution in [0.15, 0.2) is 36.4 Å². The van der Waals surface area contributed by atoms with E-state index in [0.717, 1.165) is 0 Å². The van der Waals surface area contributed by atoms with Crippen LogP contribution in [0, 0.1) is 5.41 Å². The number of isothiocyanates is 1. The first kappa shape index (κ1) is 13.1. The molecule has 0 radical (unpaired) electrons. The Morgan fingerprint density at radius 1 is 1.17 bits per heavy atom. The van der Waals surface area contributed by atoms with Crippen LogP contribution in [0.3, 0.4) is 0 Å². The Labute approximate surface area is 76.2 Å². The predicted molar refractivity (Wildman–Crippen MR) is 50.5 cm³/mol. The van der Waals surface area contributed by atoms with Gasteiger partial charge in [-0.2, -0.15) is 0 Å². The van der Waals surface area contributed by atoms with E-state index in [2.05, 4.69) is 12.2 Å². The summed E-state index contributed by atoms with van der Waals surface area (Å²) < 4.78 is 0. The topological polar surface area (TPSA) is 61.2 Å². The van der Waals surface area contributed by atoms with Crippen LogP contribution in [0.2, 0.25) is 0 Å². The average Bonchev–Trinajstić information content (AvgIpc) is 2.10. The van der Waals surface area contributed by atoms with Crippen LogP contribution in [-0.4, -0.2) is 16.7 Å². The minimum Gasteiger partial charge on any atom is -0.483 e. The fraction of sp³-hybridized carbons (Fsp3) is 0. The summed E-state index contributed by atoms with van der Waals surface area (Å²) in [6, 6.07) is 12.0. The van der Waals surface area contributed by atoms with Crippen molar-refractivity contribution in [3.8, 4) is 0 Å². The number of nitrogens with one attached hydrogen (secondary N) is 1. The van der Waals surface area contributed by atoms with Gasteiger partial charge in [-0.15, -0.1) is 0 Å². The molecule has 0 saturated carbocycles. The molecular weight excluding hydrogens is 174 g/mol. The van der Waals surface area contributed by atoms with Gasteiger partial charge in [0.2, 0.25) is 0 Å². The van der Waals surface area contributed by atoms with Crippen LogP contribution < -0.4 is 0 Å². The van der Waals surface area contributed by atoms with Crippen molar-refractivity contribution >= 4 is 23.9 Å². The van der Waals surface area contributed by atoms with Gasteiger partial charge in [0, 0.05) is 0 Å². The molecule has 2 N–H and O–H groups in total. The molecule has 0 saturated heterocycles. The van der Waals surface area contributed by atoms with E-state index in [1.54, 1.807) is 5.16 Å². The molecule has 0 heterocycles. The molecule has 64 valence electrons. The summed E-state index contributed by atoms with van der Waals surface area (Å²) >= 11 is 3.81. The molecule has 1 aromatic carbocycles. The number of thiocarbonyl (C=S) groups is 1. The van der Waals surface area contributed by atoms with E-state index in [-0.39, 0.29) is 6.47 Å². The van der Waals surface area contributed by atoms with E-state index in [9.17, 15) is 0 Å². The van der Waals surface area contributed by atoms with Crippen molar-refractivity contribution in [2.75, 3.05) is 0 Å². The summed E-state index contributed by atoms with van der Waals surface area (Å²) in [5.74, 6) is 0. The van der Waals surface area contributed by atoms with Crippen molar-refractivity contribution in [2.24, 2.45) is 0 Å². The van der Waals surface area contributed by atoms with Crippen molar-refractivity contribution in [3.63, 3.8) is 0 Å². The molecule has 0 spiro atoms. The third kappa shape index (κ3) is 23.6. The van der Waals surface area contributed by atoms with Crippen molar-refractivity contribution in [2.45, 2.75) is 0 Å². The molecule has 0 aliphatic rings. The van der Waals surface area contributed by atoms with E-state index < -0.39 is 0 Å². The Morgan fingerprint density at radius 3 is 1.33 bits per heavy atom. The minimum absolute atomic E-state index is 0.250. The number of benzene rings is 1. The lowest BCUT2D eigenvalue weighted by atomic mass is 10.4. The summed E-state index contributed by atoms with van der Waals surface area (Å²) in [6.45, 7) is -0.250. The lowest BCUT2D eigenvalue weighted by Gasteiger charge is -1.69. The quantitative estimate of drug-likeness (QED) is 0.367. The first-order valence-corrected chi connectivity index (χ1v) is 3.36. The van der Waals surface area contributed by atoms with Gasteiger partial charge in [0.15, 0.2) is 0 Å². The molecule has 12 heavy (non-hydrogen) atoms. The third-order valence-corrected chi connectivity index (χ3v) is 0.667. The van der Waals surface area contributed by atoms with E-state index in [4.69, 9.17) is 15.3 Å². The average molecular weight is 183 g/mol. The van der Waals surface area contributed by atoms with Crippen molar-refractivity contribution in [1.82, 2.24) is 0 Å². The third-order valence-electron chi connectivity index (χ3n) is 0.667. The molecule has 0 amide bonds. The van der Waals surface area contributed by atoms with E-state index >= 15 is 0 Å². The summed E-state index contributed by atoms with van der Waals surface area (Å²) in [5, 5.41) is 14.2. The highest BCUT2D eigenvalue weighted by molar-refractivity contribution is 7.78. The summed E-state index contributed by atoms with van der Waals surface area (Å²) in [6.07, 6.45) is 0. The molecule has 0 atom stereocenters. The molecular formula is C8H9NO2S. The van der Waals surface area contributed by atoms with Crippen molar-refractivity contribution in [1.29, 1.82) is 5.41 Å². The van der Waals surface area contributed by atoms with Gasteiger partial charge in [-0.3, -0.25) is 4.79 Å². The Bertz CT molecular complexity index is 181. The van der Waals surface area contributed by atoms with E-state index in [1.807, 2.05) is 36.4 Å². The van der Waals surface area contributed by atoms with Crippen LogP contribution in [0.25, 0.3) is 0 Å². The maximum absolute atomic E-state index is 8.36. The van der Waals surface area contributed by atoms with Crippen LogP contribution >= 0.6 is 12.2 Å². The lowest BCUT2D eigenvalue weighted by molar-refractivity contribution is -0.122. The predicted octanol–water partition coefficient (Wildman–Crippen LogP) is 2.06. The highest BCUT2D eigenvalue weighted by atomic mass is 32.1. The lowest BCUT2D eigenvalue weighted by Crippen LogP contribution is -1.49. The number of rotatable bonds is 0. The van der Waals surface area contributed by atoms with Gasteiger partial charge < -0.3 is 5.11 Å². The fourth-order valence-corrected chi connectivity index (χ4v) is 0.385. The Hall–Kier alpha value is -1.51. The van der Waals surface area contributed by atoms with Crippen molar-refractivity contribution < 1.29 is 9.90 Å². The molecule has 1 rings (SSSR count). The molecule has 0 unspecified atom stereocenters. The number of carbonyl (C=O) groups is 1. The van der Waals surface area contributed by atoms with E-state index in [1.165, 1.54) is 0 Å². The molecule has 0 aromatic heterocycles. The SMILES string of the molecule is N=C=S.O=CO.c1ccccc1. The number of hydrogen-bond donors (Lipinski definition) is 2. The first-order valence-electron chi connectivity index (χ1n) is 2.95. The van der Waals surface area contributed by atoms with Gasteiger partial charge in [0.25, 0.3) is 6.47 Å². The summed E-state index contributed by atoms with van der Waals surface area (Å²) in [5.41, 5.74) is 0. The number of hydrogen-bond acceptors (Lipinski definition) is 3. The summed E-state index contributed by atoms with van der Waals surface area (Å²) in [7, 11) is 0. The molecule has 0 aliphatic heterocycles.